The average molecular weight is 239 g/mol. The molecule has 98 valence electrons. The molecule has 1 aromatic rings. The van der Waals surface area contributed by atoms with Gasteiger partial charge in [0.05, 0.1) is 24.2 Å². The van der Waals surface area contributed by atoms with Crippen molar-refractivity contribution in [3.8, 4) is 0 Å². The molecule has 4 nitrogen and oxygen atoms in total. The molecule has 1 aromatic heterocycles. The van der Waals surface area contributed by atoms with Gasteiger partial charge in [-0.05, 0) is 27.2 Å². The number of aromatic nitrogens is 2. The zero-order valence-corrected chi connectivity index (χ0v) is 11.4. The lowest BCUT2D eigenvalue weighted by Gasteiger charge is -2.19. The van der Waals surface area contributed by atoms with E-state index in [1.807, 2.05) is 6.33 Å². The molecule has 17 heavy (non-hydrogen) atoms. The van der Waals surface area contributed by atoms with E-state index in [-0.39, 0.29) is 11.6 Å². The van der Waals surface area contributed by atoms with Crippen LogP contribution >= 0.6 is 0 Å². The number of ether oxygens (including phenoxy) is 1. The van der Waals surface area contributed by atoms with Gasteiger partial charge in [0.2, 0.25) is 0 Å². The third-order valence-corrected chi connectivity index (χ3v) is 2.57. The summed E-state index contributed by atoms with van der Waals surface area (Å²) < 4.78 is 7.73. The van der Waals surface area contributed by atoms with E-state index in [1.54, 1.807) is 0 Å². The summed E-state index contributed by atoms with van der Waals surface area (Å²) in [6.45, 7) is 9.83. The van der Waals surface area contributed by atoms with Crippen molar-refractivity contribution in [2.45, 2.75) is 58.7 Å². The van der Waals surface area contributed by atoms with Crippen LogP contribution in [0.15, 0.2) is 12.5 Å². The Balaban J connectivity index is 2.36. The average Bonchev–Trinajstić information content (AvgIpc) is 2.63. The smallest absolute Gasteiger partial charge is 0.0950 e. The first kappa shape index (κ1) is 14.2. The van der Waals surface area contributed by atoms with Crippen molar-refractivity contribution in [3.05, 3.63) is 18.2 Å². The highest BCUT2D eigenvalue weighted by Gasteiger charge is 2.09. The fourth-order valence-electron chi connectivity index (χ4n) is 1.50. The Bertz CT molecular complexity index is 328. The molecule has 0 aliphatic carbocycles. The van der Waals surface area contributed by atoms with Gasteiger partial charge in [-0.3, -0.25) is 0 Å². The first-order valence-electron chi connectivity index (χ1n) is 6.31. The number of hydrogen-bond acceptors (Lipinski definition) is 3. The molecular weight excluding hydrogens is 214 g/mol. The van der Waals surface area contributed by atoms with Crippen LogP contribution in [0.5, 0.6) is 0 Å². The van der Waals surface area contributed by atoms with Crippen LogP contribution in [0.4, 0.5) is 0 Å². The molecule has 0 saturated carbocycles. The molecule has 1 unspecified atom stereocenters. The Morgan fingerprint density at radius 3 is 2.76 bits per heavy atom. The second-order valence-electron chi connectivity index (χ2n) is 5.44. The lowest BCUT2D eigenvalue weighted by molar-refractivity contribution is -0.00683. The number of nitrogens with two attached hydrogens (primary N) is 1. The second kappa shape index (κ2) is 6.17. The molecule has 4 heteroatoms. The maximum absolute atomic E-state index is 5.90. The third-order valence-electron chi connectivity index (χ3n) is 2.57. The molecule has 0 fully saturated rings. The first-order chi connectivity index (χ1) is 7.90. The van der Waals surface area contributed by atoms with Crippen LogP contribution in [0, 0.1) is 0 Å². The van der Waals surface area contributed by atoms with Gasteiger partial charge >= 0.3 is 0 Å². The molecule has 0 amide bonds. The Hall–Kier alpha value is -0.870. The number of hydrogen-bond donors (Lipinski definition) is 1. The maximum Gasteiger partial charge on any atom is 0.0950 e. The molecule has 0 saturated heterocycles. The van der Waals surface area contributed by atoms with Crippen molar-refractivity contribution in [2.24, 2.45) is 5.73 Å². The largest absolute Gasteiger partial charge is 0.374 e. The van der Waals surface area contributed by atoms with Crippen LogP contribution < -0.4 is 5.73 Å². The molecule has 1 heterocycles. The highest BCUT2D eigenvalue weighted by Crippen LogP contribution is 2.07. The summed E-state index contributed by atoms with van der Waals surface area (Å²) >= 11 is 0. The standard InChI is InChI=1S/C13H25N3O/c1-5-11(14)8-12-9-16(10-15-12)6-7-17-13(2,3)4/h9-11H,5-8,14H2,1-4H3. The lowest BCUT2D eigenvalue weighted by atomic mass is 10.1. The highest BCUT2D eigenvalue weighted by molar-refractivity contribution is 4.99. The zero-order valence-electron chi connectivity index (χ0n) is 11.4. The summed E-state index contributed by atoms with van der Waals surface area (Å²) in [5, 5.41) is 0. The fraction of sp³-hybridized carbons (Fsp3) is 0.769. The Morgan fingerprint density at radius 1 is 1.47 bits per heavy atom. The predicted molar refractivity (Wildman–Crippen MR) is 69.9 cm³/mol. The number of imidazole rings is 1. The van der Waals surface area contributed by atoms with E-state index in [0.29, 0.717) is 6.61 Å². The molecule has 0 aliphatic rings. The quantitative estimate of drug-likeness (QED) is 0.826. The second-order valence-corrected chi connectivity index (χ2v) is 5.44. The fourth-order valence-corrected chi connectivity index (χ4v) is 1.50. The maximum atomic E-state index is 5.90. The van der Waals surface area contributed by atoms with E-state index < -0.39 is 0 Å². The molecule has 1 atom stereocenters. The molecule has 0 spiro atoms. The van der Waals surface area contributed by atoms with Gasteiger partial charge < -0.3 is 15.0 Å². The van der Waals surface area contributed by atoms with Crippen molar-refractivity contribution in [1.82, 2.24) is 9.55 Å². The molecular formula is C13H25N3O. The molecule has 2 N–H and O–H groups in total. The van der Waals surface area contributed by atoms with Gasteiger partial charge in [0.15, 0.2) is 0 Å². The number of nitrogens with zero attached hydrogens (tertiary/aromatic N) is 2. The highest BCUT2D eigenvalue weighted by atomic mass is 16.5. The Kier molecular flexibility index (Phi) is 5.15. The minimum absolute atomic E-state index is 0.0754. The Morgan fingerprint density at radius 2 is 2.18 bits per heavy atom. The van der Waals surface area contributed by atoms with Gasteiger partial charge in [0.25, 0.3) is 0 Å². The van der Waals surface area contributed by atoms with Crippen molar-refractivity contribution in [1.29, 1.82) is 0 Å². The van der Waals surface area contributed by atoms with Gasteiger partial charge in [-0.2, -0.15) is 0 Å². The van der Waals surface area contributed by atoms with Crippen LogP contribution in [-0.2, 0) is 17.7 Å². The van der Waals surface area contributed by atoms with Gasteiger partial charge in [0, 0.05) is 25.2 Å². The topological polar surface area (TPSA) is 53.1 Å². The van der Waals surface area contributed by atoms with Gasteiger partial charge in [-0.15, -0.1) is 0 Å². The SMILES string of the molecule is CCC(N)Cc1cn(CCOC(C)(C)C)cn1. The molecule has 0 radical (unpaired) electrons. The van der Waals surface area contributed by atoms with Crippen molar-refractivity contribution in [2.75, 3.05) is 6.61 Å². The summed E-state index contributed by atoms with van der Waals surface area (Å²) in [5.41, 5.74) is 6.89. The van der Waals surface area contributed by atoms with Crippen molar-refractivity contribution in [3.63, 3.8) is 0 Å². The van der Waals surface area contributed by atoms with Crippen LogP contribution in [0.25, 0.3) is 0 Å². The van der Waals surface area contributed by atoms with Gasteiger partial charge in [-0.25, -0.2) is 4.98 Å². The van der Waals surface area contributed by atoms with E-state index in [4.69, 9.17) is 10.5 Å². The van der Waals surface area contributed by atoms with Crippen molar-refractivity contribution >= 4 is 0 Å². The normalized spacial score (nSPS) is 13.9. The summed E-state index contributed by atoms with van der Waals surface area (Å²) in [5.74, 6) is 0. The lowest BCUT2D eigenvalue weighted by Crippen LogP contribution is -2.22. The van der Waals surface area contributed by atoms with E-state index >= 15 is 0 Å². The van der Waals surface area contributed by atoms with E-state index in [0.717, 1.165) is 25.1 Å². The van der Waals surface area contributed by atoms with E-state index in [2.05, 4.69) is 43.4 Å². The van der Waals surface area contributed by atoms with Gasteiger partial charge in [0.1, 0.15) is 0 Å². The summed E-state index contributed by atoms with van der Waals surface area (Å²) in [6.07, 6.45) is 5.74. The predicted octanol–water partition coefficient (Wildman–Crippen LogP) is 1.98. The third kappa shape index (κ3) is 5.84. The van der Waals surface area contributed by atoms with E-state index in [9.17, 15) is 0 Å². The molecule has 1 rings (SSSR count). The molecule has 0 aliphatic heterocycles. The number of rotatable bonds is 6. The minimum Gasteiger partial charge on any atom is -0.374 e. The van der Waals surface area contributed by atoms with E-state index in [1.165, 1.54) is 0 Å². The zero-order chi connectivity index (χ0) is 12.9. The van der Waals surface area contributed by atoms with Crippen LogP contribution in [0.1, 0.15) is 39.8 Å². The van der Waals surface area contributed by atoms with Gasteiger partial charge in [-0.1, -0.05) is 6.92 Å². The first-order valence-corrected chi connectivity index (χ1v) is 6.31. The summed E-state index contributed by atoms with van der Waals surface area (Å²) in [6, 6.07) is 0.212. The molecule has 0 bridgehead atoms. The Labute approximate surface area is 104 Å². The van der Waals surface area contributed by atoms with Crippen molar-refractivity contribution < 1.29 is 4.74 Å². The monoisotopic (exact) mass is 239 g/mol. The van der Waals surface area contributed by atoms with Crippen LogP contribution in [0.3, 0.4) is 0 Å². The summed E-state index contributed by atoms with van der Waals surface area (Å²) in [7, 11) is 0. The molecule has 0 aromatic carbocycles. The van der Waals surface area contributed by atoms with Crippen LogP contribution in [0.2, 0.25) is 0 Å². The summed E-state index contributed by atoms with van der Waals surface area (Å²) in [4.78, 5) is 4.35. The minimum atomic E-state index is -0.0754. The van der Waals surface area contributed by atoms with Crippen LogP contribution in [-0.4, -0.2) is 27.8 Å².